The molecule has 1 fully saturated rings. The molecule has 2 aromatic rings. The van der Waals surface area contributed by atoms with Gasteiger partial charge in [-0.3, -0.25) is 4.79 Å². The van der Waals surface area contributed by atoms with Crippen molar-refractivity contribution < 1.29 is 9.90 Å². The van der Waals surface area contributed by atoms with Crippen LogP contribution < -0.4 is 0 Å². The lowest BCUT2D eigenvalue weighted by Crippen LogP contribution is -2.34. The van der Waals surface area contributed by atoms with Crippen molar-refractivity contribution in [2.75, 3.05) is 13.6 Å². The third kappa shape index (κ3) is 3.04. The summed E-state index contributed by atoms with van der Waals surface area (Å²) in [6.45, 7) is 0.594. The van der Waals surface area contributed by atoms with E-state index in [0.717, 1.165) is 24.9 Å². The van der Waals surface area contributed by atoms with Gasteiger partial charge >= 0.3 is 0 Å². The summed E-state index contributed by atoms with van der Waals surface area (Å²) in [5.74, 6) is 0.138. The van der Waals surface area contributed by atoms with E-state index in [-0.39, 0.29) is 17.9 Å². The second kappa shape index (κ2) is 6.32. The van der Waals surface area contributed by atoms with Crippen LogP contribution in [0.5, 0.6) is 0 Å². The topological polar surface area (TPSA) is 58.4 Å². The van der Waals surface area contributed by atoms with Gasteiger partial charge in [0.05, 0.1) is 23.6 Å². The summed E-state index contributed by atoms with van der Waals surface area (Å²) >= 11 is 0. The van der Waals surface area contributed by atoms with Gasteiger partial charge < -0.3 is 10.0 Å². The maximum atomic E-state index is 12.5. The number of nitrogens with zero attached hydrogens (tertiary/aromatic N) is 3. The van der Waals surface area contributed by atoms with Crippen LogP contribution in [0, 0.1) is 5.92 Å². The van der Waals surface area contributed by atoms with Crippen LogP contribution in [0.15, 0.2) is 42.7 Å². The van der Waals surface area contributed by atoms with Gasteiger partial charge in [0.15, 0.2) is 0 Å². The number of hydrogen-bond acceptors (Lipinski definition) is 3. The first-order valence-electron chi connectivity index (χ1n) is 7.69. The number of benzene rings is 1. The first-order valence-corrected chi connectivity index (χ1v) is 7.69. The average Bonchev–Trinajstić information content (AvgIpc) is 3.17. The molecule has 1 saturated carbocycles. The van der Waals surface area contributed by atoms with Crippen molar-refractivity contribution in [3.05, 3.63) is 48.3 Å². The first-order chi connectivity index (χ1) is 10.6. The molecule has 0 bridgehead atoms. The van der Waals surface area contributed by atoms with Gasteiger partial charge in [0.1, 0.15) is 0 Å². The molecule has 22 heavy (non-hydrogen) atoms. The van der Waals surface area contributed by atoms with Crippen molar-refractivity contribution in [3.63, 3.8) is 0 Å². The van der Waals surface area contributed by atoms with Gasteiger partial charge in [0.25, 0.3) is 5.91 Å². The van der Waals surface area contributed by atoms with Crippen LogP contribution in [-0.2, 0) is 0 Å². The fourth-order valence-electron chi connectivity index (χ4n) is 3.04. The Labute approximate surface area is 130 Å². The Balaban J connectivity index is 1.68. The maximum absolute atomic E-state index is 12.5. The Hall–Kier alpha value is -2.14. The zero-order valence-corrected chi connectivity index (χ0v) is 12.7. The number of aromatic nitrogens is 2. The minimum absolute atomic E-state index is 0.0544. The Bertz CT molecular complexity index is 638. The summed E-state index contributed by atoms with van der Waals surface area (Å²) < 4.78 is 1.70. The van der Waals surface area contributed by atoms with Gasteiger partial charge in [0.2, 0.25) is 0 Å². The second-order valence-corrected chi connectivity index (χ2v) is 5.95. The van der Waals surface area contributed by atoms with Gasteiger partial charge in [-0.05, 0) is 25.0 Å². The van der Waals surface area contributed by atoms with Gasteiger partial charge in [-0.25, -0.2) is 4.68 Å². The molecule has 0 spiro atoms. The molecular formula is C17H21N3O2. The Morgan fingerprint density at radius 3 is 2.82 bits per heavy atom. The minimum atomic E-state index is -0.276. The van der Waals surface area contributed by atoms with E-state index in [0.29, 0.717) is 12.1 Å². The molecule has 1 amide bonds. The number of amides is 1. The summed E-state index contributed by atoms with van der Waals surface area (Å²) in [7, 11) is 1.78. The smallest absolute Gasteiger partial charge is 0.256 e. The van der Waals surface area contributed by atoms with Crippen molar-refractivity contribution in [2.45, 2.75) is 25.4 Å². The molecule has 5 nitrogen and oxygen atoms in total. The minimum Gasteiger partial charge on any atom is -0.393 e. The van der Waals surface area contributed by atoms with Crippen molar-refractivity contribution in [3.8, 4) is 5.69 Å². The molecule has 1 aliphatic rings. The molecule has 0 aliphatic heterocycles. The maximum Gasteiger partial charge on any atom is 0.256 e. The first kappa shape index (κ1) is 14.8. The largest absolute Gasteiger partial charge is 0.393 e. The number of aliphatic hydroxyl groups excluding tert-OH is 1. The van der Waals surface area contributed by atoms with E-state index >= 15 is 0 Å². The monoisotopic (exact) mass is 299 g/mol. The molecule has 1 aromatic heterocycles. The van der Waals surface area contributed by atoms with E-state index in [9.17, 15) is 9.90 Å². The van der Waals surface area contributed by atoms with E-state index in [4.69, 9.17) is 0 Å². The molecule has 116 valence electrons. The molecule has 1 N–H and O–H groups in total. The summed E-state index contributed by atoms with van der Waals surface area (Å²) in [4.78, 5) is 14.2. The highest BCUT2D eigenvalue weighted by Crippen LogP contribution is 2.26. The lowest BCUT2D eigenvalue weighted by atomic mass is 10.1. The van der Waals surface area contributed by atoms with Crippen LogP contribution in [0.4, 0.5) is 0 Å². The fraction of sp³-hybridized carbons (Fsp3) is 0.412. The van der Waals surface area contributed by atoms with Gasteiger partial charge in [-0.2, -0.15) is 5.10 Å². The zero-order chi connectivity index (χ0) is 15.5. The van der Waals surface area contributed by atoms with E-state index < -0.39 is 0 Å². The number of carbonyl (C=O) groups is 1. The normalized spacial score (nSPS) is 21.0. The SMILES string of the molecule is CN(CC1CCCC1O)C(=O)c1cnn(-c2ccccc2)c1. The Morgan fingerprint density at radius 1 is 1.36 bits per heavy atom. The molecule has 1 heterocycles. The number of para-hydroxylation sites is 1. The lowest BCUT2D eigenvalue weighted by molar-refractivity contribution is 0.0693. The van der Waals surface area contributed by atoms with Crippen LogP contribution >= 0.6 is 0 Å². The van der Waals surface area contributed by atoms with Crippen LogP contribution in [-0.4, -0.2) is 45.4 Å². The Kier molecular flexibility index (Phi) is 4.24. The Morgan fingerprint density at radius 2 is 2.14 bits per heavy atom. The molecular weight excluding hydrogens is 278 g/mol. The van der Waals surface area contributed by atoms with E-state index in [1.165, 1.54) is 0 Å². The van der Waals surface area contributed by atoms with Gasteiger partial charge in [-0.1, -0.05) is 24.6 Å². The summed E-state index contributed by atoms with van der Waals surface area (Å²) in [6, 6.07) is 9.71. The van der Waals surface area contributed by atoms with Gasteiger partial charge in [-0.15, -0.1) is 0 Å². The van der Waals surface area contributed by atoms with Crippen molar-refractivity contribution in [1.29, 1.82) is 0 Å². The third-order valence-corrected chi connectivity index (χ3v) is 4.32. The van der Waals surface area contributed by atoms with E-state index in [1.807, 2.05) is 30.3 Å². The second-order valence-electron chi connectivity index (χ2n) is 5.95. The number of aliphatic hydroxyl groups is 1. The highest BCUT2D eigenvalue weighted by molar-refractivity contribution is 5.93. The zero-order valence-electron chi connectivity index (χ0n) is 12.7. The number of rotatable bonds is 4. The van der Waals surface area contributed by atoms with Gasteiger partial charge in [0, 0.05) is 25.7 Å². The summed E-state index contributed by atoms with van der Waals surface area (Å²) in [5.41, 5.74) is 1.49. The molecule has 0 saturated heterocycles. The molecule has 2 unspecified atom stereocenters. The van der Waals surface area contributed by atoms with Crippen LogP contribution in [0.1, 0.15) is 29.6 Å². The molecule has 1 aromatic carbocycles. The van der Waals surface area contributed by atoms with Crippen molar-refractivity contribution in [1.82, 2.24) is 14.7 Å². The summed E-state index contributed by atoms with van der Waals surface area (Å²) in [5, 5.41) is 14.1. The molecule has 5 heteroatoms. The highest BCUT2D eigenvalue weighted by atomic mass is 16.3. The van der Waals surface area contributed by atoms with E-state index in [1.54, 1.807) is 29.0 Å². The standard InChI is InChI=1S/C17H21N3O2/c1-19(11-13-6-5-9-16(13)21)17(22)14-10-18-20(12-14)15-7-3-2-4-8-15/h2-4,7-8,10,12-13,16,21H,5-6,9,11H2,1H3. The predicted octanol–water partition coefficient (Wildman–Crippen LogP) is 2.11. The quantitative estimate of drug-likeness (QED) is 0.940. The van der Waals surface area contributed by atoms with E-state index in [2.05, 4.69) is 5.10 Å². The molecule has 1 aliphatic carbocycles. The fourth-order valence-corrected chi connectivity index (χ4v) is 3.04. The summed E-state index contributed by atoms with van der Waals surface area (Å²) in [6.07, 6.45) is 5.94. The predicted molar refractivity (Wildman–Crippen MR) is 83.9 cm³/mol. The lowest BCUT2D eigenvalue weighted by Gasteiger charge is -2.22. The highest BCUT2D eigenvalue weighted by Gasteiger charge is 2.28. The van der Waals surface area contributed by atoms with Crippen molar-refractivity contribution >= 4 is 5.91 Å². The third-order valence-electron chi connectivity index (χ3n) is 4.32. The van der Waals surface area contributed by atoms with Crippen LogP contribution in [0.2, 0.25) is 0 Å². The number of hydrogen-bond donors (Lipinski definition) is 1. The molecule has 3 rings (SSSR count). The van der Waals surface area contributed by atoms with Crippen LogP contribution in [0.25, 0.3) is 5.69 Å². The van der Waals surface area contributed by atoms with Crippen molar-refractivity contribution in [2.24, 2.45) is 5.92 Å². The average molecular weight is 299 g/mol. The number of carbonyl (C=O) groups excluding carboxylic acids is 1. The molecule has 2 atom stereocenters. The molecule has 0 radical (unpaired) electrons. The van der Waals surface area contributed by atoms with Crippen LogP contribution in [0.3, 0.4) is 0 Å².